The number of hydrogen-bond donors (Lipinski definition) is 1. The molecule has 1 fully saturated rings. The first-order chi connectivity index (χ1) is 7.02. The molecule has 0 aromatic carbocycles. The van der Waals surface area contributed by atoms with Crippen molar-refractivity contribution in [2.75, 3.05) is 0 Å². The Morgan fingerprint density at radius 1 is 1.53 bits per heavy atom. The molecule has 1 saturated carbocycles. The van der Waals surface area contributed by atoms with Crippen LogP contribution in [0.15, 0.2) is 5.11 Å². The second kappa shape index (κ2) is 4.53. The maximum Gasteiger partial charge on any atom is 0.315 e. The maximum atomic E-state index is 11.1. The molecule has 1 rings (SSSR count). The highest BCUT2D eigenvalue weighted by Gasteiger charge is 2.41. The molecule has 1 aliphatic carbocycles. The molecule has 0 heterocycles. The lowest BCUT2D eigenvalue weighted by Crippen LogP contribution is -2.40. The maximum absolute atomic E-state index is 11.1. The fourth-order valence-electron chi connectivity index (χ4n) is 2.23. The predicted octanol–water partition coefficient (Wildman–Crippen LogP) is 2.97. The van der Waals surface area contributed by atoms with E-state index in [1.165, 1.54) is 0 Å². The molecule has 0 amide bonds. The van der Waals surface area contributed by atoms with Crippen LogP contribution in [0.5, 0.6) is 0 Å². The Kier molecular flexibility index (Phi) is 3.58. The van der Waals surface area contributed by atoms with Gasteiger partial charge in [0.25, 0.3) is 0 Å². The Hall–Kier alpha value is -1.22. The van der Waals surface area contributed by atoms with E-state index >= 15 is 0 Å². The highest BCUT2D eigenvalue weighted by Crippen LogP contribution is 2.38. The van der Waals surface area contributed by atoms with Gasteiger partial charge in [0.05, 0.1) is 0 Å². The zero-order valence-electron chi connectivity index (χ0n) is 9.18. The quantitative estimate of drug-likeness (QED) is 0.442. The molecule has 15 heavy (non-hydrogen) atoms. The van der Waals surface area contributed by atoms with Gasteiger partial charge in [-0.3, -0.25) is 4.79 Å². The number of carboxylic acids is 1. The second-order valence-corrected chi connectivity index (χ2v) is 4.61. The van der Waals surface area contributed by atoms with Gasteiger partial charge in [-0.1, -0.05) is 19.0 Å². The molecule has 0 aromatic heterocycles. The first-order valence-electron chi connectivity index (χ1n) is 5.31. The highest BCUT2D eigenvalue weighted by molar-refractivity contribution is 5.79. The largest absolute Gasteiger partial charge is 0.481 e. The minimum absolute atomic E-state index is 0.468. The third-order valence-electron chi connectivity index (χ3n) is 3.43. The lowest BCUT2D eigenvalue weighted by atomic mass is 9.73. The molecular weight excluding hydrogens is 194 g/mol. The van der Waals surface area contributed by atoms with E-state index in [-0.39, 0.29) is 0 Å². The van der Waals surface area contributed by atoms with Crippen molar-refractivity contribution < 1.29 is 9.90 Å². The monoisotopic (exact) mass is 211 g/mol. The molecule has 0 aromatic rings. The summed E-state index contributed by atoms with van der Waals surface area (Å²) in [5.41, 5.74) is 7.22. The van der Waals surface area contributed by atoms with Crippen molar-refractivity contribution in [2.24, 2.45) is 17.0 Å². The summed E-state index contributed by atoms with van der Waals surface area (Å²) >= 11 is 0. The Bertz CT molecular complexity index is 283. The summed E-state index contributed by atoms with van der Waals surface area (Å²) in [6, 6.07) is 0. The third-order valence-corrected chi connectivity index (χ3v) is 3.43. The van der Waals surface area contributed by atoms with Crippen molar-refractivity contribution >= 4 is 5.97 Å². The van der Waals surface area contributed by atoms with Gasteiger partial charge in [0, 0.05) is 4.91 Å². The summed E-state index contributed by atoms with van der Waals surface area (Å²) in [7, 11) is 0. The predicted molar refractivity (Wildman–Crippen MR) is 56.3 cm³/mol. The Balaban J connectivity index is 2.74. The lowest BCUT2D eigenvalue weighted by molar-refractivity contribution is -0.145. The average molecular weight is 211 g/mol. The number of rotatable bonds is 3. The zero-order chi connectivity index (χ0) is 11.5. The van der Waals surface area contributed by atoms with Crippen LogP contribution in [0.3, 0.4) is 0 Å². The molecule has 0 saturated heterocycles. The smallest absolute Gasteiger partial charge is 0.315 e. The van der Waals surface area contributed by atoms with Gasteiger partial charge in [0.2, 0.25) is 0 Å². The van der Waals surface area contributed by atoms with Crippen LogP contribution in [-0.2, 0) is 4.79 Å². The van der Waals surface area contributed by atoms with E-state index in [0.29, 0.717) is 24.7 Å². The van der Waals surface area contributed by atoms with Crippen LogP contribution < -0.4 is 0 Å². The van der Waals surface area contributed by atoms with E-state index < -0.39 is 11.5 Å². The Morgan fingerprint density at radius 3 is 2.40 bits per heavy atom. The first-order valence-corrected chi connectivity index (χ1v) is 5.31. The molecule has 1 N–H and O–H groups in total. The standard InChI is InChI=1S/C10H17N3O2/c1-7(2)8-3-5-10(6-4-8,9(14)15)12-13-11/h7-8H,3-6H2,1-2H3,(H,14,15). The van der Waals surface area contributed by atoms with E-state index in [4.69, 9.17) is 10.6 Å². The van der Waals surface area contributed by atoms with E-state index in [9.17, 15) is 4.79 Å². The fraction of sp³-hybridized carbons (Fsp3) is 0.900. The number of hydrogen-bond acceptors (Lipinski definition) is 2. The van der Waals surface area contributed by atoms with Crippen molar-refractivity contribution in [1.29, 1.82) is 0 Å². The molecule has 5 heteroatoms. The van der Waals surface area contributed by atoms with Crippen LogP contribution in [0, 0.1) is 11.8 Å². The van der Waals surface area contributed by atoms with Crippen molar-refractivity contribution in [3.63, 3.8) is 0 Å². The minimum Gasteiger partial charge on any atom is -0.481 e. The molecule has 0 spiro atoms. The zero-order valence-corrected chi connectivity index (χ0v) is 9.18. The molecule has 0 radical (unpaired) electrons. The number of nitrogens with zero attached hydrogens (tertiary/aromatic N) is 3. The summed E-state index contributed by atoms with van der Waals surface area (Å²) in [4.78, 5) is 13.7. The normalized spacial score (nSPS) is 31.0. The minimum atomic E-state index is -1.18. The summed E-state index contributed by atoms with van der Waals surface area (Å²) < 4.78 is 0. The fourth-order valence-corrected chi connectivity index (χ4v) is 2.23. The molecular formula is C10H17N3O2. The van der Waals surface area contributed by atoms with Gasteiger partial charge in [0.15, 0.2) is 0 Å². The number of aliphatic carboxylic acids is 1. The Morgan fingerprint density at radius 2 is 2.07 bits per heavy atom. The van der Waals surface area contributed by atoms with Gasteiger partial charge in [0.1, 0.15) is 5.54 Å². The summed E-state index contributed by atoms with van der Waals surface area (Å²) in [6.45, 7) is 4.29. The topological polar surface area (TPSA) is 86.1 Å². The van der Waals surface area contributed by atoms with E-state index in [0.717, 1.165) is 12.8 Å². The van der Waals surface area contributed by atoms with Crippen LogP contribution in [-0.4, -0.2) is 16.6 Å². The van der Waals surface area contributed by atoms with Gasteiger partial charge in [-0.05, 0) is 43.1 Å². The molecule has 5 nitrogen and oxygen atoms in total. The van der Waals surface area contributed by atoms with Gasteiger partial charge in [-0.25, -0.2) is 0 Å². The molecule has 0 unspecified atom stereocenters. The highest BCUT2D eigenvalue weighted by atomic mass is 16.4. The van der Waals surface area contributed by atoms with Gasteiger partial charge in [-0.2, -0.15) is 0 Å². The number of carbonyl (C=O) groups is 1. The second-order valence-electron chi connectivity index (χ2n) is 4.61. The van der Waals surface area contributed by atoms with Crippen LogP contribution in [0.1, 0.15) is 39.5 Å². The van der Waals surface area contributed by atoms with Crippen LogP contribution in [0.4, 0.5) is 0 Å². The van der Waals surface area contributed by atoms with Gasteiger partial charge in [-0.15, -0.1) is 0 Å². The van der Waals surface area contributed by atoms with Crippen molar-refractivity contribution in [3.05, 3.63) is 10.4 Å². The van der Waals surface area contributed by atoms with Crippen LogP contribution in [0.2, 0.25) is 0 Å². The Labute approximate surface area is 89.1 Å². The SMILES string of the molecule is CC(C)C1CCC(N=[N+]=[N-])(C(=O)O)CC1. The van der Waals surface area contributed by atoms with Gasteiger partial charge < -0.3 is 5.11 Å². The summed E-state index contributed by atoms with van der Waals surface area (Å²) in [5.74, 6) is 0.150. The molecule has 0 atom stereocenters. The van der Waals surface area contributed by atoms with Crippen LogP contribution in [0.25, 0.3) is 10.4 Å². The van der Waals surface area contributed by atoms with E-state index in [2.05, 4.69) is 23.9 Å². The molecule has 84 valence electrons. The molecule has 0 bridgehead atoms. The van der Waals surface area contributed by atoms with Crippen LogP contribution >= 0.6 is 0 Å². The third kappa shape index (κ3) is 2.42. The van der Waals surface area contributed by atoms with Crippen molar-refractivity contribution in [1.82, 2.24) is 0 Å². The molecule has 0 aliphatic heterocycles. The van der Waals surface area contributed by atoms with E-state index in [1.54, 1.807) is 0 Å². The first kappa shape index (κ1) is 11.9. The lowest BCUT2D eigenvalue weighted by Gasteiger charge is -2.34. The van der Waals surface area contributed by atoms with Gasteiger partial charge >= 0.3 is 5.97 Å². The summed E-state index contributed by atoms with van der Waals surface area (Å²) in [5, 5.41) is 12.6. The average Bonchev–Trinajstić information content (AvgIpc) is 2.18. The molecule has 1 aliphatic rings. The number of azide groups is 1. The van der Waals surface area contributed by atoms with Crippen molar-refractivity contribution in [3.8, 4) is 0 Å². The van der Waals surface area contributed by atoms with E-state index in [1.807, 2.05) is 0 Å². The summed E-state index contributed by atoms with van der Waals surface area (Å²) in [6.07, 6.45) is 2.61. The van der Waals surface area contributed by atoms with Crippen molar-refractivity contribution in [2.45, 2.75) is 45.1 Å². The number of carboxylic acid groups (broad SMARTS) is 1.